The molecule has 0 aromatic heterocycles. The van der Waals surface area contributed by atoms with Crippen molar-refractivity contribution in [3.05, 3.63) is 46.6 Å². The Hall–Kier alpha value is -2.27. The Morgan fingerprint density at radius 1 is 1.30 bits per heavy atom. The van der Waals surface area contributed by atoms with E-state index >= 15 is 0 Å². The van der Waals surface area contributed by atoms with Gasteiger partial charge in [0.15, 0.2) is 0 Å². The second-order valence-corrected chi connectivity index (χ2v) is 9.42. The normalized spacial score (nSPS) is 36.6. The molecule has 5 nitrogen and oxygen atoms in total. The van der Waals surface area contributed by atoms with E-state index in [2.05, 4.69) is 19.1 Å². The lowest BCUT2D eigenvalue weighted by Gasteiger charge is -2.42. The van der Waals surface area contributed by atoms with Crippen molar-refractivity contribution in [1.82, 2.24) is 0 Å². The summed E-state index contributed by atoms with van der Waals surface area (Å²) in [4.78, 5) is 35.7. The molecule has 30 heavy (non-hydrogen) atoms. The van der Waals surface area contributed by atoms with E-state index in [9.17, 15) is 14.4 Å². The summed E-state index contributed by atoms with van der Waals surface area (Å²) in [6.45, 7) is 11.5. The first kappa shape index (κ1) is 22.4. The van der Waals surface area contributed by atoms with E-state index in [0.717, 1.165) is 29.2 Å². The molecule has 1 saturated carbocycles. The van der Waals surface area contributed by atoms with Crippen LogP contribution in [-0.4, -0.2) is 34.3 Å². The van der Waals surface area contributed by atoms with Crippen molar-refractivity contribution in [3.63, 3.8) is 0 Å². The number of hydrogen-bond acceptors (Lipinski definition) is 4. The van der Waals surface area contributed by atoms with Crippen LogP contribution in [0.3, 0.4) is 0 Å². The number of ketones is 2. The number of aliphatic carboxylic acids is 1. The minimum absolute atomic E-state index is 0.0200. The Morgan fingerprint density at radius 2 is 1.97 bits per heavy atom. The number of carboxylic acid groups (broad SMARTS) is 1. The quantitative estimate of drug-likeness (QED) is 0.396. The van der Waals surface area contributed by atoms with Crippen LogP contribution in [0.1, 0.15) is 54.4 Å². The lowest BCUT2D eigenvalue weighted by molar-refractivity contribution is -0.131. The zero-order valence-electron chi connectivity index (χ0n) is 18.7. The molecular weight excluding hydrogens is 380 g/mol. The Labute approximate surface area is 178 Å². The first-order chi connectivity index (χ1) is 13.9. The molecule has 6 unspecified atom stereocenters. The molecule has 0 amide bonds. The second kappa shape index (κ2) is 8.10. The molecule has 3 rings (SSSR count). The summed E-state index contributed by atoms with van der Waals surface area (Å²) < 4.78 is 5.82. The molecule has 2 fully saturated rings. The SMILES string of the molecule is CC(=O)CC1=C(C)C=C2CC(C)C(=O)C(C)C2C1/C=C(/C)C1OC1(C)/C=C/C(=O)O. The molecule has 2 aliphatic carbocycles. The van der Waals surface area contributed by atoms with Crippen LogP contribution in [0.5, 0.6) is 0 Å². The van der Waals surface area contributed by atoms with E-state index in [-0.39, 0.29) is 41.3 Å². The van der Waals surface area contributed by atoms with Gasteiger partial charge in [-0.3, -0.25) is 9.59 Å². The number of rotatable bonds is 6. The monoisotopic (exact) mass is 412 g/mol. The van der Waals surface area contributed by atoms with Gasteiger partial charge < -0.3 is 9.84 Å². The van der Waals surface area contributed by atoms with Gasteiger partial charge in [0.05, 0.1) is 0 Å². The van der Waals surface area contributed by atoms with E-state index in [1.165, 1.54) is 5.57 Å². The van der Waals surface area contributed by atoms with Crippen LogP contribution >= 0.6 is 0 Å². The predicted octanol–water partition coefficient (Wildman–Crippen LogP) is 4.44. The van der Waals surface area contributed by atoms with Crippen LogP contribution in [-0.2, 0) is 19.1 Å². The highest BCUT2D eigenvalue weighted by Gasteiger charge is 2.52. The predicted molar refractivity (Wildman–Crippen MR) is 115 cm³/mol. The number of carboxylic acids is 1. The fraction of sp³-hybridized carbons (Fsp3) is 0.560. The summed E-state index contributed by atoms with van der Waals surface area (Å²) in [6.07, 6.45) is 7.98. The average Bonchev–Trinajstić information content (AvgIpc) is 3.33. The summed E-state index contributed by atoms with van der Waals surface area (Å²) in [5.74, 6) is -0.670. The smallest absolute Gasteiger partial charge is 0.328 e. The van der Waals surface area contributed by atoms with Crippen molar-refractivity contribution >= 4 is 17.5 Å². The minimum Gasteiger partial charge on any atom is -0.478 e. The van der Waals surface area contributed by atoms with Gasteiger partial charge in [-0.25, -0.2) is 4.79 Å². The third kappa shape index (κ3) is 4.27. The third-order valence-electron chi connectivity index (χ3n) is 6.83. The topological polar surface area (TPSA) is 84.0 Å². The van der Waals surface area contributed by atoms with Crippen molar-refractivity contribution in [2.75, 3.05) is 0 Å². The number of Topliss-reactive ketones (excluding diaryl/α,β-unsaturated/α-hetero) is 2. The number of ether oxygens (including phenoxy) is 1. The van der Waals surface area contributed by atoms with Crippen LogP contribution in [0.15, 0.2) is 46.6 Å². The molecule has 1 N–H and O–H groups in total. The zero-order valence-corrected chi connectivity index (χ0v) is 18.7. The van der Waals surface area contributed by atoms with Crippen LogP contribution in [0.4, 0.5) is 0 Å². The Balaban J connectivity index is 1.98. The summed E-state index contributed by atoms with van der Waals surface area (Å²) >= 11 is 0. The van der Waals surface area contributed by atoms with Gasteiger partial charge in [0.25, 0.3) is 0 Å². The zero-order chi connectivity index (χ0) is 22.4. The van der Waals surface area contributed by atoms with Crippen molar-refractivity contribution in [3.8, 4) is 0 Å². The van der Waals surface area contributed by atoms with Gasteiger partial charge in [-0.2, -0.15) is 0 Å². The summed E-state index contributed by atoms with van der Waals surface area (Å²) in [5, 5.41) is 8.91. The number of allylic oxidation sites excluding steroid dienone is 5. The number of fused-ring (bicyclic) bond motifs is 1. The molecule has 0 aromatic carbocycles. The van der Waals surface area contributed by atoms with Crippen LogP contribution in [0.25, 0.3) is 0 Å². The third-order valence-corrected chi connectivity index (χ3v) is 6.83. The maximum absolute atomic E-state index is 12.8. The first-order valence-corrected chi connectivity index (χ1v) is 10.7. The Bertz CT molecular complexity index is 902. The molecule has 5 heteroatoms. The fourth-order valence-electron chi connectivity index (χ4n) is 5.31. The van der Waals surface area contributed by atoms with Crippen molar-refractivity contribution in [2.45, 2.75) is 66.1 Å². The number of hydrogen-bond donors (Lipinski definition) is 1. The number of carbonyl (C=O) groups is 3. The van der Waals surface area contributed by atoms with Gasteiger partial charge in [-0.05, 0) is 51.7 Å². The van der Waals surface area contributed by atoms with Gasteiger partial charge in [0, 0.05) is 30.3 Å². The van der Waals surface area contributed by atoms with Crippen LogP contribution in [0, 0.1) is 23.7 Å². The van der Waals surface area contributed by atoms with E-state index in [4.69, 9.17) is 9.84 Å². The molecule has 6 atom stereocenters. The summed E-state index contributed by atoms with van der Waals surface area (Å²) in [7, 11) is 0. The highest BCUT2D eigenvalue weighted by molar-refractivity contribution is 5.86. The molecular formula is C25H32O5. The molecule has 1 heterocycles. The first-order valence-electron chi connectivity index (χ1n) is 10.7. The molecule has 0 radical (unpaired) electrons. The molecule has 1 saturated heterocycles. The maximum Gasteiger partial charge on any atom is 0.328 e. The van der Waals surface area contributed by atoms with Gasteiger partial charge in [-0.15, -0.1) is 0 Å². The number of carbonyl (C=O) groups excluding carboxylic acids is 2. The highest BCUT2D eigenvalue weighted by atomic mass is 16.6. The molecule has 0 spiro atoms. The van der Waals surface area contributed by atoms with Crippen molar-refractivity contribution in [2.24, 2.45) is 23.7 Å². The summed E-state index contributed by atoms with van der Waals surface area (Å²) in [6, 6.07) is 0. The molecule has 0 bridgehead atoms. The minimum atomic E-state index is -1.000. The van der Waals surface area contributed by atoms with Gasteiger partial charge in [0.2, 0.25) is 0 Å². The molecule has 162 valence electrons. The second-order valence-electron chi connectivity index (χ2n) is 9.42. The van der Waals surface area contributed by atoms with Crippen molar-refractivity contribution < 1.29 is 24.2 Å². The van der Waals surface area contributed by atoms with E-state index in [1.54, 1.807) is 13.0 Å². The van der Waals surface area contributed by atoms with E-state index < -0.39 is 11.6 Å². The molecule has 3 aliphatic rings. The average molecular weight is 413 g/mol. The molecule has 1 aliphatic heterocycles. The Morgan fingerprint density at radius 3 is 2.57 bits per heavy atom. The lowest BCUT2D eigenvalue weighted by atomic mass is 9.61. The fourth-order valence-corrected chi connectivity index (χ4v) is 5.31. The Kier molecular flexibility index (Phi) is 6.06. The standard InChI is InChI=1S/C25H32O5/c1-13-9-18-10-14(2)23(29)17(5)22(18)20(19(13)12-16(4)26)11-15(3)24-25(6,30-24)8-7-21(27)28/h7-9,11,14,17,20,22,24H,10,12H2,1-6H3,(H,27,28)/b8-7+,15-11-. The van der Waals surface area contributed by atoms with E-state index in [0.29, 0.717) is 6.42 Å². The van der Waals surface area contributed by atoms with Crippen LogP contribution < -0.4 is 0 Å². The van der Waals surface area contributed by atoms with E-state index in [1.807, 2.05) is 27.7 Å². The highest BCUT2D eigenvalue weighted by Crippen LogP contribution is 2.49. The summed E-state index contributed by atoms with van der Waals surface area (Å²) in [5.41, 5.74) is 3.86. The van der Waals surface area contributed by atoms with Gasteiger partial charge in [0.1, 0.15) is 23.3 Å². The lowest BCUT2D eigenvalue weighted by Crippen LogP contribution is -2.39. The van der Waals surface area contributed by atoms with Gasteiger partial charge in [-0.1, -0.05) is 42.7 Å². The van der Waals surface area contributed by atoms with Crippen molar-refractivity contribution in [1.29, 1.82) is 0 Å². The maximum atomic E-state index is 12.8. The number of epoxide rings is 1. The largest absolute Gasteiger partial charge is 0.478 e. The van der Waals surface area contributed by atoms with Crippen LogP contribution in [0.2, 0.25) is 0 Å². The molecule has 0 aromatic rings. The van der Waals surface area contributed by atoms with Gasteiger partial charge >= 0.3 is 5.97 Å².